The first kappa shape index (κ1) is 11.2. The lowest BCUT2D eigenvalue weighted by Gasteiger charge is -2.07. The van der Waals surface area contributed by atoms with E-state index in [-0.39, 0.29) is 11.4 Å². The molecule has 0 spiro atoms. The maximum atomic E-state index is 11.1. The molecule has 1 aromatic heterocycles. The van der Waals surface area contributed by atoms with Crippen LogP contribution in [0.2, 0.25) is 0 Å². The van der Waals surface area contributed by atoms with Crippen molar-refractivity contribution in [1.82, 2.24) is 9.78 Å². The van der Waals surface area contributed by atoms with Crippen LogP contribution in [-0.2, 0) is 9.53 Å². The summed E-state index contributed by atoms with van der Waals surface area (Å²) < 4.78 is 5.73. The largest absolute Gasteiger partial charge is 0.467 e. The minimum absolute atomic E-state index is 0.106. The van der Waals surface area contributed by atoms with Crippen LogP contribution in [-0.4, -0.2) is 27.8 Å². The molecule has 82 valence electrons. The molecule has 0 saturated carbocycles. The van der Waals surface area contributed by atoms with Crippen LogP contribution >= 0.6 is 0 Å². The van der Waals surface area contributed by atoms with Gasteiger partial charge in [-0.3, -0.25) is 14.8 Å². The van der Waals surface area contributed by atoms with E-state index in [0.29, 0.717) is 0 Å². The Labute approximate surface area is 85.8 Å². The molecule has 1 heterocycles. The van der Waals surface area contributed by atoms with Crippen LogP contribution in [0.3, 0.4) is 0 Å². The van der Waals surface area contributed by atoms with Crippen molar-refractivity contribution in [3.05, 3.63) is 22.0 Å². The standard InChI is InChI=1S/C8H11N3O4/c1-5-7(11(13)14)4-10(9-5)6(2)8(12)15-3/h4,6H,1-3H3/t6-/m1/s1. The van der Waals surface area contributed by atoms with E-state index < -0.39 is 16.9 Å². The quantitative estimate of drug-likeness (QED) is 0.421. The molecular formula is C8H11N3O4. The molecule has 1 atom stereocenters. The first-order valence-electron chi connectivity index (χ1n) is 4.25. The van der Waals surface area contributed by atoms with Crippen LogP contribution < -0.4 is 0 Å². The number of carbonyl (C=O) groups is 1. The Morgan fingerprint density at radius 3 is 2.73 bits per heavy atom. The molecule has 0 aromatic carbocycles. The van der Waals surface area contributed by atoms with Crippen LogP contribution in [0.15, 0.2) is 6.20 Å². The molecule has 7 nitrogen and oxygen atoms in total. The third-order valence-electron chi connectivity index (χ3n) is 2.03. The maximum Gasteiger partial charge on any atom is 0.330 e. The smallest absolute Gasteiger partial charge is 0.330 e. The fourth-order valence-electron chi connectivity index (χ4n) is 1.13. The number of aryl methyl sites for hydroxylation is 1. The van der Waals surface area contributed by atoms with E-state index in [9.17, 15) is 14.9 Å². The summed E-state index contributed by atoms with van der Waals surface area (Å²) in [5.74, 6) is -0.493. The third kappa shape index (κ3) is 2.12. The van der Waals surface area contributed by atoms with E-state index in [1.165, 1.54) is 24.9 Å². The van der Waals surface area contributed by atoms with Gasteiger partial charge in [-0.15, -0.1) is 0 Å². The molecule has 0 N–H and O–H groups in total. The summed E-state index contributed by atoms with van der Waals surface area (Å²) in [6.07, 6.45) is 1.22. The van der Waals surface area contributed by atoms with Gasteiger partial charge in [0, 0.05) is 0 Å². The van der Waals surface area contributed by atoms with Crippen LogP contribution in [0.4, 0.5) is 5.69 Å². The molecule has 7 heteroatoms. The molecule has 0 aliphatic rings. The fourth-order valence-corrected chi connectivity index (χ4v) is 1.13. The Hall–Kier alpha value is -1.92. The minimum Gasteiger partial charge on any atom is -0.467 e. The van der Waals surface area contributed by atoms with Gasteiger partial charge in [0.15, 0.2) is 0 Å². The molecule has 0 aliphatic carbocycles. The maximum absolute atomic E-state index is 11.1. The van der Waals surface area contributed by atoms with Crippen molar-refractivity contribution >= 4 is 11.7 Å². The minimum atomic E-state index is -0.664. The van der Waals surface area contributed by atoms with Crippen LogP contribution in [0.1, 0.15) is 18.7 Å². The Bertz CT molecular complexity index is 399. The summed E-state index contributed by atoms with van der Waals surface area (Å²) in [5, 5.41) is 14.4. The normalized spacial score (nSPS) is 12.2. The Kier molecular flexibility index (Phi) is 3.03. The van der Waals surface area contributed by atoms with E-state index in [1.807, 2.05) is 0 Å². The second-order valence-electron chi connectivity index (χ2n) is 3.04. The predicted molar refractivity (Wildman–Crippen MR) is 50.3 cm³/mol. The molecule has 0 saturated heterocycles. The first-order chi connectivity index (χ1) is 6.97. The molecule has 0 bridgehead atoms. The van der Waals surface area contributed by atoms with E-state index in [1.54, 1.807) is 6.92 Å². The van der Waals surface area contributed by atoms with E-state index in [4.69, 9.17) is 0 Å². The monoisotopic (exact) mass is 213 g/mol. The second kappa shape index (κ2) is 4.07. The summed E-state index contributed by atoms with van der Waals surface area (Å²) >= 11 is 0. The summed E-state index contributed by atoms with van der Waals surface area (Å²) in [5.41, 5.74) is 0.168. The van der Waals surface area contributed by atoms with Gasteiger partial charge in [-0.2, -0.15) is 5.10 Å². The van der Waals surface area contributed by atoms with Gasteiger partial charge in [0.2, 0.25) is 0 Å². The Morgan fingerprint density at radius 2 is 2.33 bits per heavy atom. The number of nitrogens with zero attached hydrogens (tertiary/aromatic N) is 3. The second-order valence-corrected chi connectivity index (χ2v) is 3.04. The van der Waals surface area contributed by atoms with Crippen molar-refractivity contribution in [2.75, 3.05) is 7.11 Å². The zero-order valence-electron chi connectivity index (χ0n) is 8.63. The number of ether oxygens (including phenoxy) is 1. The average molecular weight is 213 g/mol. The number of aromatic nitrogens is 2. The molecule has 0 amide bonds. The SMILES string of the molecule is COC(=O)[C@@H](C)n1cc([N+](=O)[O-])c(C)n1. The number of nitro groups is 1. The number of hydrogen-bond donors (Lipinski definition) is 0. The zero-order chi connectivity index (χ0) is 11.6. The molecule has 0 fully saturated rings. The van der Waals surface area contributed by atoms with E-state index in [2.05, 4.69) is 9.84 Å². The number of methoxy groups -OCH3 is 1. The van der Waals surface area contributed by atoms with Crippen LogP contribution in [0, 0.1) is 17.0 Å². The first-order valence-corrected chi connectivity index (χ1v) is 4.25. The number of rotatable bonds is 3. The van der Waals surface area contributed by atoms with E-state index in [0.717, 1.165) is 0 Å². The summed E-state index contributed by atoms with van der Waals surface area (Å²) in [4.78, 5) is 21.1. The highest BCUT2D eigenvalue weighted by molar-refractivity contribution is 5.73. The van der Waals surface area contributed by atoms with Gasteiger partial charge in [-0.1, -0.05) is 0 Å². The van der Waals surface area contributed by atoms with Crippen LogP contribution in [0.25, 0.3) is 0 Å². The number of hydrogen-bond acceptors (Lipinski definition) is 5. The van der Waals surface area contributed by atoms with Gasteiger partial charge in [0.25, 0.3) is 0 Å². The number of esters is 1. The lowest BCUT2D eigenvalue weighted by Crippen LogP contribution is -2.18. The summed E-state index contributed by atoms with van der Waals surface area (Å²) in [7, 11) is 1.25. The summed E-state index contributed by atoms with van der Waals surface area (Å²) in [6.45, 7) is 3.07. The van der Waals surface area contributed by atoms with Crippen molar-refractivity contribution < 1.29 is 14.5 Å². The van der Waals surface area contributed by atoms with Crippen LogP contribution in [0.5, 0.6) is 0 Å². The summed E-state index contributed by atoms with van der Waals surface area (Å²) in [6, 6.07) is -0.664. The highest BCUT2D eigenvalue weighted by Gasteiger charge is 2.22. The van der Waals surface area contributed by atoms with Crippen molar-refractivity contribution in [3.8, 4) is 0 Å². The van der Waals surface area contributed by atoms with Gasteiger partial charge in [-0.05, 0) is 13.8 Å². The topological polar surface area (TPSA) is 87.3 Å². The van der Waals surface area contributed by atoms with E-state index >= 15 is 0 Å². The molecule has 1 rings (SSSR count). The fraction of sp³-hybridized carbons (Fsp3) is 0.500. The average Bonchev–Trinajstić information content (AvgIpc) is 2.58. The highest BCUT2D eigenvalue weighted by Crippen LogP contribution is 2.18. The molecule has 0 aliphatic heterocycles. The molecule has 0 unspecified atom stereocenters. The predicted octanol–water partition coefficient (Wildman–Crippen LogP) is 0.834. The van der Waals surface area contributed by atoms with Gasteiger partial charge >= 0.3 is 11.7 Å². The van der Waals surface area contributed by atoms with Gasteiger partial charge in [0.1, 0.15) is 17.9 Å². The van der Waals surface area contributed by atoms with Crippen molar-refractivity contribution in [2.45, 2.75) is 19.9 Å². The Balaban J connectivity index is 3.02. The van der Waals surface area contributed by atoms with Crippen molar-refractivity contribution in [1.29, 1.82) is 0 Å². The lowest BCUT2D eigenvalue weighted by molar-refractivity contribution is -0.385. The van der Waals surface area contributed by atoms with Gasteiger partial charge in [-0.25, -0.2) is 4.79 Å². The number of carbonyl (C=O) groups excluding carboxylic acids is 1. The molecule has 1 aromatic rings. The van der Waals surface area contributed by atoms with Gasteiger partial charge < -0.3 is 4.74 Å². The third-order valence-corrected chi connectivity index (χ3v) is 2.03. The lowest BCUT2D eigenvalue weighted by atomic mass is 10.3. The molecule has 15 heavy (non-hydrogen) atoms. The van der Waals surface area contributed by atoms with Crippen molar-refractivity contribution in [2.24, 2.45) is 0 Å². The molecule has 0 radical (unpaired) electrons. The molecular weight excluding hydrogens is 202 g/mol. The van der Waals surface area contributed by atoms with Gasteiger partial charge in [0.05, 0.1) is 12.0 Å². The van der Waals surface area contributed by atoms with Crippen molar-refractivity contribution in [3.63, 3.8) is 0 Å². The highest BCUT2D eigenvalue weighted by atomic mass is 16.6. The Morgan fingerprint density at radius 1 is 1.73 bits per heavy atom. The zero-order valence-corrected chi connectivity index (χ0v) is 8.63.